The van der Waals surface area contributed by atoms with Gasteiger partial charge in [0.05, 0.1) is 16.2 Å². The molecule has 2 saturated heterocycles. The molecule has 2 aromatic rings. The Morgan fingerprint density at radius 2 is 2.04 bits per heavy atom. The maximum absolute atomic E-state index is 13.1. The van der Waals surface area contributed by atoms with Crippen LogP contribution in [0.25, 0.3) is 0 Å². The van der Waals surface area contributed by atoms with E-state index in [2.05, 4.69) is 4.98 Å². The number of likely N-dealkylation sites (N-methyl/N-ethyl adjacent to an activating group) is 1. The Morgan fingerprint density at radius 3 is 2.70 bits per heavy atom. The zero-order valence-electron chi connectivity index (χ0n) is 15.8. The van der Waals surface area contributed by atoms with Crippen molar-refractivity contribution in [1.82, 2.24) is 14.8 Å². The van der Waals surface area contributed by atoms with Gasteiger partial charge in [0, 0.05) is 20.1 Å². The highest BCUT2D eigenvalue weighted by Gasteiger charge is 2.53. The van der Waals surface area contributed by atoms with Crippen molar-refractivity contribution >= 4 is 23.2 Å². The van der Waals surface area contributed by atoms with Crippen LogP contribution in [0.15, 0.2) is 30.3 Å². The van der Waals surface area contributed by atoms with Gasteiger partial charge in [-0.2, -0.15) is 0 Å². The molecule has 2 aliphatic rings. The maximum atomic E-state index is 13.1. The number of thiazole rings is 1. The Kier molecular flexibility index (Phi) is 4.52. The molecule has 1 aromatic carbocycles. The molecule has 0 unspecified atom stereocenters. The van der Waals surface area contributed by atoms with Crippen molar-refractivity contribution in [3.05, 3.63) is 51.5 Å². The van der Waals surface area contributed by atoms with Crippen molar-refractivity contribution in [3.63, 3.8) is 0 Å². The van der Waals surface area contributed by atoms with Crippen LogP contribution in [0.2, 0.25) is 0 Å². The Bertz CT molecular complexity index is 882. The number of fused-ring (bicyclic) bond motifs is 1. The Morgan fingerprint density at radius 1 is 1.30 bits per heavy atom. The fourth-order valence-corrected chi connectivity index (χ4v) is 5.17. The first-order valence-electron chi connectivity index (χ1n) is 9.10. The Labute approximate surface area is 162 Å². The summed E-state index contributed by atoms with van der Waals surface area (Å²) in [5.41, 5.74) is 1.30. The molecule has 0 aliphatic carbocycles. The molecule has 6 nitrogen and oxygen atoms in total. The van der Waals surface area contributed by atoms with Crippen LogP contribution in [0.1, 0.15) is 32.4 Å². The van der Waals surface area contributed by atoms with Crippen molar-refractivity contribution in [1.29, 1.82) is 0 Å². The van der Waals surface area contributed by atoms with E-state index in [0.717, 1.165) is 16.3 Å². The molecule has 0 radical (unpaired) electrons. The summed E-state index contributed by atoms with van der Waals surface area (Å²) >= 11 is 1.43. The van der Waals surface area contributed by atoms with Gasteiger partial charge in [-0.05, 0) is 25.8 Å². The van der Waals surface area contributed by atoms with Gasteiger partial charge in [-0.15, -0.1) is 11.3 Å². The van der Waals surface area contributed by atoms with E-state index >= 15 is 0 Å². The molecule has 0 bridgehead atoms. The lowest BCUT2D eigenvalue weighted by molar-refractivity contribution is -0.180. The zero-order valence-corrected chi connectivity index (χ0v) is 16.6. The molecule has 2 aliphatic heterocycles. The van der Waals surface area contributed by atoms with Gasteiger partial charge in [-0.3, -0.25) is 9.59 Å². The van der Waals surface area contributed by atoms with Crippen molar-refractivity contribution in [2.24, 2.45) is 0 Å². The smallest absolute Gasteiger partial charge is 0.265 e. The minimum atomic E-state index is -0.536. The molecule has 0 spiro atoms. The van der Waals surface area contributed by atoms with Gasteiger partial charge < -0.3 is 14.5 Å². The van der Waals surface area contributed by atoms with E-state index < -0.39 is 5.54 Å². The fourth-order valence-electron chi connectivity index (χ4n) is 4.28. The van der Waals surface area contributed by atoms with Crippen molar-refractivity contribution in [2.75, 3.05) is 26.7 Å². The molecule has 2 atom stereocenters. The number of benzene rings is 1. The summed E-state index contributed by atoms with van der Waals surface area (Å²) in [6.07, 6.45) is 0.390. The second-order valence-electron chi connectivity index (χ2n) is 7.19. The molecule has 2 fully saturated rings. The Hall–Kier alpha value is -2.25. The number of hydrogen-bond donors (Lipinski definition) is 0. The first-order valence-corrected chi connectivity index (χ1v) is 9.92. The van der Waals surface area contributed by atoms with E-state index in [1.165, 1.54) is 11.3 Å². The van der Waals surface area contributed by atoms with Gasteiger partial charge in [0.1, 0.15) is 17.6 Å². The SMILES string of the molecule is Cc1nc(C)c(C(=O)N2CC[C@]3(c4ccccc4)[C@@H](C2)OCC(=O)N3C)s1. The average molecular weight is 385 g/mol. The second kappa shape index (κ2) is 6.73. The van der Waals surface area contributed by atoms with Gasteiger partial charge in [0.15, 0.2) is 0 Å². The van der Waals surface area contributed by atoms with Gasteiger partial charge in [-0.25, -0.2) is 4.98 Å². The predicted molar refractivity (Wildman–Crippen MR) is 103 cm³/mol. The number of likely N-dealkylation sites (tertiary alicyclic amines) is 1. The van der Waals surface area contributed by atoms with Crippen molar-refractivity contribution in [3.8, 4) is 0 Å². The summed E-state index contributed by atoms with van der Waals surface area (Å²) in [5.74, 6) is -0.0216. The largest absolute Gasteiger partial charge is 0.364 e. The van der Waals surface area contributed by atoms with Gasteiger partial charge in [-0.1, -0.05) is 30.3 Å². The number of piperidine rings is 1. The number of amides is 2. The minimum Gasteiger partial charge on any atom is -0.364 e. The van der Waals surface area contributed by atoms with E-state index in [1.54, 1.807) is 0 Å². The number of hydrogen-bond acceptors (Lipinski definition) is 5. The summed E-state index contributed by atoms with van der Waals surface area (Å²) < 4.78 is 5.98. The summed E-state index contributed by atoms with van der Waals surface area (Å²) in [7, 11) is 1.85. The quantitative estimate of drug-likeness (QED) is 0.796. The summed E-state index contributed by atoms with van der Waals surface area (Å²) in [5, 5.41) is 0.894. The molecule has 0 N–H and O–H groups in total. The van der Waals surface area contributed by atoms with Crippen LogP contribution in [0.5, 0.6) is 0 Å². The van der Waals surface area contributed by atoms with Gasteiger partial charge in [0.25, 0.3) is 5.91 Å². The summed E-state index contributed by atoms with van der Waals surface area (Å²) in [6.45, 7) is 4.87. The number of carbonyl (C=O) groups excluding carboxylic acids is 2. The highest BCUT2D eigenvalue weighted by molar-refractivity contribution is 7.13. The standard InChI is InChI=1S/C20H23N3O3S/c1-13-18(27-14(2)21-13)19(25)23-10-9-20(15-7-5-4-6-8-15)16(11-23)26-12-17(24)22(20)3/h4-8,16H,9-12H2,1-3H3/t16-,20+/m1/s1. The van der Waals surface area contributed by atoms with E-state index in [4.69, 9.17) is 4.74 Å². The number of ether oxygens (including phenoxy) is 1. The Balaban J connectivity index is 1.66. The number of aromatic nitrogens is 1. The third kappa shape index (κ3) is 2.85. The lowest BCUT2D eigenvalue weighted by Crippen LogP contribution is -2.67. The van der Waals surface area contributed by atoms with E-state index in [0.29, 0.717) is 24.4 Å². The highest BCUT2D eigenvalue weighted by atomic mass is 32.1. The van der Waals surface area contributed by atoms with Crippen LogP contribution in [-0.4, -0.2) is 59.4 Å². The second-order valence-corrected chi connectivity index (χ2v) is 8.39. The average Bonchev–Trinajstić information content (AvgIpc) is 3.02. The minimum absolute atomic E-state index is 0.00270. The highest BCUT2D eigenvalue weighted by Crippen LogP contribution is 2.42. The molecule has 4 rings (SSSR count). The molecular weight excluding hydrogens is 362 g/mol. The predicted octanol–water partition coefficient (Wildman–Crippen LogP) is 2.36. The van der Waals surface area contributed by atoms with Crippen LogP contribution in [0.3, 0.4) is 0 Å². The van der Waals surface area contributed by atoms with Crippen molar-refractivity contribution in [2.45, 2.75) is 31.9 Å². The number of aryl methyl sites for hydroxylation is 2. The zero-order chi connectivity index (χ0) is 19.2. The van der Waals surface area contributed by atoms with E-state index in [1.807, 2.05) is 61.0 Å². The van der Waals surface area contributed by atoms with Crippen LogP contribution in [0.4, 0.5) is 0 Å². The van der Waals surface area contributed by atoms with Gasteiger partial charge >= 0.3 is 0 Å². The maximum Gasteiger partial charge on any atom is 0.265 e. The summed E-state index contributed by atoms with van der Waals surface area (Å²) in [4.78, 5) is 34.2. The van der Waals surface area contributed by atoms with Crippen LogP contribution in [0, 0.1) is 13.8 Å². The lowest BCUT2D eigenvalue weighted by Gasteiger charge is -2.54. The molecule has 2 amide bonds. The normalized spacial score (nSPS) is 25.4. The number of carbonyl (C=O) groups is 2. The first kappa shape index (κ1) is 18.1. The van der Waals surface area contributed by atoms with Crippen LogP contribution < -0.4 is 0 Å². The third-order valence-electron chi connectivity index (χ3n) is 5.72. The van der Waals surface area contributed by atoms with E-state index in [9.17, 15) is 9.59 Å². The van der Waals surface area contributed by atoms with Crippen LogP contribution in [-0.2, 0) is 15.1 Å². The molecular formula is C20H23N3O3S. The first-order chi connectivity index (χ1) is 12.9. The van der Waals surface area contributed by atoms with Crippen molar-refractivity contribution < 1.29 is 14.3 Å². The lowest BCUT2D eigenvalue weighted by atomic mass is 9.76. The number of morpholine rings is 1. The number of nitrogens with zero attached hydrogens (tertiary/aromatic N) is 3. The fraction of sp³-hybridized carbons (Fsp3) is 0.450. The molecule has 1 aromatic heterocycles. The molecule has 7 heteroatoms. The van der Waals surface area contributed by atoms with E-state index in [-0.39, 0.29) is 24.5 Å². The molecule has 0 saturated carbocycles. The molecule has 3 heterocycles. The monoisotopic (exact) mass is 385 g/mol. The topological polar surface area (TPSA) is 62.7 Å². The molecule has 27 heavy (non-hydrogen) atoms. The summed E-state index contributed by atoms with van der Waals surface area (Å²) in [6, 6.07) is 10.0. The third-order valence-corrected chi connectivity index (χ3v) is 6.78. The van der Waals surface area contributed by atoms with Gasteiger partial charge in [0.2, 0.25) is 5.91 Å². The van der Waals surface area contributed by atoms with Crippen LogP contribution >= 0.6 is 11.3 Å². The number of rotatable bonds is 2. The molecule has 142 valence electrons.